The lowest BCUT2D eigenvalue weighted by atomic mass is 10.1. The van der Waals surface area contributed by atoms with Gasteiger partial charge in [0.25, 0.3) is 5.91 Å². The number of rotatable bonds is 3. The predicted molar refractivity (Wildman–Crippen MR) is 78.8 cm³/mol. The van der Waals surface area contributed by atoms with Crippen LogP contribution in [0.25, 0.3) is 0 Å². The molecule has 0 N–H and O–H groups in total. The summed E-state index contributed by atoms with van der Waals surface area (Å²) in [5.41, 5.74) is 1.01. The first-order chi connectivity index (χ1) is 11.0. The molecule has 3 rings (SSSR count). The molecule has 0 radical (unpaired) electrons. The Morgan fingerprint density at radius 2 is 1.91 bits per heavy atom. The Labute approximate surface area is 132 Å². The molecular formula is C16H17F2N3O2. The molecule has 1 fully saturated rings. The number of hydrogen-bond acceptors (Lipinski definition) is 4. The van der Waals surface area contributed by atoms with Gasteiger partial charge in [-0.15, -0.1) is 0 Å². The molecule has 0 saturated carbocycles. The van der Waals surface area contributed by atoms with Gasteiger partial charge in [0.15, 0.2) is 17.4 Å². The summed E-state index contributed by atoms with van der Waals surface area (Å²) in [5.74, 6) is -1.44. The molecule has 1 aromatic heterocycles. The molecule has 2 aromatic rings. The smallest absolute Gasteiger partial charge is 0.254 e. The minimum atomic E-state index is -1.00. The van der Waals surface area contributed by atoms with Gasteiger partial charge in [0.2, 0.25) is 0 Å². The Balaban J connectivity index is 1.57. The lowest BCUT2D eigenvalue weighted by Crippen LogP contribution is -2.48. The average Bonchev–Trinajstić information content (AvgIpc) is 2.95. The van der Waals surface area contributed by atoms with Gasteiger partial charge in [-0.3, -0.25) is 9.69 Å². The molecule has 1 saturated heterocycles. The van der Waals surface area contributed by atoms with E-state index < -0.39 is 11.6 Å². The van der Waals surface area contributed by atoms with E-state index in [0.29, 0.717) is 32.7 Å². The second-order valence-electron chi connectivity index (χ2n) is 5.63. The van der Waals surface area contributed by atoms with E-state index >= 15 is 0 Å². The van der Waals surface area contributed by atoms with Gasteiger partial charge in [-0.05, 0) is 25.1 Å². The van der Waals surface area contributed by atoms with Crippen molar-refractivity contribution >= 4 is 5.91 Å². The van der Waals surface area contributed by atoms with Gasteiger partial charge >= 0.3 is 0 Å². The molecule has 122 valence electrons. The number of carbonyl (C=O) groups excluding carboxylic acids is 1. The van der Waals surface area contributed by atoms with E-state index in [-0.39, 0.29) is 11.5 Å². The van der Waals surface area contributed by atoms with Gasteiger partial charge in [0.05, 0.1) is 12.2 Å². The largest absolute Gasteiger partial charge is 0.360 e. The van der Waals surface area contributed by atoms with E-state index in [1.807, 2.05) is 13.0 Å². The van der Waals surface area contributed by atoms with Crippen molar-refractivity contribution in [2.75, 3.05) is 26.2 Å². The maximum Gasteiger partial charge on any atom is 0.254 e. The first kappa shape index (κ1) is 15.6. The summed E-state index contributed by atoms with van der Waals surface area (Å²) in [4.78, 5) is 16.1. The maximum absolute atomic E-state index is 13.2. The number of aromatic nitrogens is 1. The van der Waals surface area contributed by atoms with E-state index in [2.05, 4.69) is 10.1 Å². The predicted octanol–water partition coefficient (Wildman–Crippen LogP) is 2.22. The highest BCUT2D eigenvalue weighted by Gasteiger charge is 2.23. The molecule has 0 spiro atoms. The highest BCUT2D eigenvalue weighted by molar-refractivity contribution is 5.94. The number of benzene rings is 1. The minimum Gasteiger partial charge on any atom is -0.360 e. The number of carbonyl (C=O) groups is 1. The number of nitrogens with zero attached hydrogens (tertiary/aromatic N) is 3. The standard InChI is InChI=1S/C16H17F2N3O2/c1-11-8-13(23-19-11)10-20-4-6-21(7-5-20)16(22)12-2-3-14(17)15(18)9-12/h2-3,8-9H,4-7,10H2,1H3. The molecule has 5 nitrogen and oxygen atoms in total. The molecule has 0 aliphatic carbocycles. The molecule has 0 bridgehead atoms. The first-order valence-corrected chi connectivity index (χ1v) is 7.42. The van der Waals surface area contributed by atoms with Gasteiger partial charge in [0.1, 0.15) is 0 Å². The van der Waals surface area contributed by atoms with E-state index in [1.165, 1.54) is 6.07 Å². The van der Waals surface area contributed by atoms with Crippen LogP contribution in [0.4, 0.5) is 8.78 Å². The van der Waals surface area contributed by atoms with Crippen LogP contribution in [0.1, 0.15) is 21.8 Å². The second kappa shape index (κ2) is 6.45. The quantitative estimate of drug-likeness (QED) is 0.870. The van der Waals surface area contributed by atoms with Crippen molar-refractivity contribution in [3.8, 4) is 0 Å². The van der Waals surface area contributed by atoms with Crippen LogP contribution < -0.4 is 0 Å². The summed E-state index contributed by atoms with van der Waals surface area (Å²) in [6.07, 6.45) is 0. The Bertz CT molecular complexity index is 709. The molecular weight excluding hydrogens is 304 g/mol. The van der Waals surface area contributed by atoms with E-state index in [4.69, 9.17) is 4.52 Å². The Kier molecular flexibility index (Phi) is 4.38. The zero-order valence-electron chi connectivity index (χ0n) is 12.8. The average molecular weight is 321 g/mol. The third kappa shape index (κ3) is 3.56. The maximum atomic E-state index is 13.2. The third-order valence-corrected chi connectivity index (χ3v) is 3.88. The van der Waals surface area contributed by atoms with Crippen LogP contribution in [0.15, 0.2) is 28.8 Å². The summed E-state index contributed by atoms with van der Waals surface area (Å²) >= 11 is 0. The summed E-state index contributed by atoms with van der Waals surface area (Å²) in [6, 6.07) is 5.12. The fourth-order valence-electron chi connectivity index (χ4n) is 2.63. The summed E-state index contributed by atoms with van der Waals surface area (Å²) in [5, 5.41) is 3.85. The molecule has 1 aliphatic rings. The zero-order valence-corrected chi connectivity index (χ0v) is 12.8. The van der Waals surface area contributed by atoms with Crippen LogP contribution >= 0.6 is 0 Å². The molecule has 2 heterocycles. The molecule has 7 heteroatoms. The van der Waals surface area contributed by atoms with Crippen molar-refractivity contribution in [3.63, 3.8) is 0 Å². The zero-order chi connectivity index (χ0) is 16.4. The van der Waals surface area contributed by atoms with Gasteiger partial charge in [-0.25, -0.2) is 8.78 Å². The van der Waals surface area contributed by atoms with Gasteiger partial charge in [0, 0.05) is 37.8 Å². The van der Waals surface area contributed by atoms with Gasteiger partial charge in [-0.1, -0.05) is 5.16 Å². The van der Waals surface area contributed by atoms with Crippen molar-refractivity contribution in [2.45, 2.75) is 13.5 Å². The molecule has 23 heavy (non-hydrogen) atoms. The SMILES string of the molecule is Cc1cc(CN2CCN(C(=O)c3ccc(F)c(F)c3)CC2)on1. The lowest BCUT2D eigenvalue weighted by Gasteiger charge is -2.34. The number of halogens is 2. The summed E-state index contributed by atoms with van der Waals surface area (Å²) in [7, 11) is 0. The molecule has 1 aliphatic heterocycles. The first-order valence-electron chi connectivity index (χ1n) is 7.42. The lowest BCUT2D eigenvalue weighted by molar-refractivity contribution is 0.0617. The van der Waals surface area contributed by atoms with Crippen LogP contribution in [0.5, 0.6) is 0 Å². The normalized spacial score (nSPS) is 15.9. The van der Waals surface area contributed by atoms with Crippen LogP contribution in [0.2, 0.25) is 0 Å². The number of piperazine rings is 1. The van der Waals surface area contributed by atoms with Crippen molar-refractivity contribution in [2.24, 2.45) is 0 Å². The Hall–Kier alpha value is -2.28. The van der Waals surface area contributed by atoms with E-state index in [0.717, 1.165) is 23.6 Å². The fourth-order valence-corrected chi connectivity index (χ4v) is 2.63. The van der Waals surface area contributed by atoms with Crippen molar-refractivity contribution in [3.05, 3.63) is 52.9 Å². The van der Waals surface area contributed by atoms with Gasteiger partial charge < -0.3 is 9.42 Å². The molecule has 1 aromatic carbocycles. The summed E-state index contributed by atoms with van der Waals surface area (Å²) in [6.45, 7) is 4.96. The molecule has 0 unspecified atom stereocenters. The summed E-state index contributed by atoms with van der Waals surface area (Å²) < 4.78 is 31.4. The highest BCUT2D eigenvalue weighted by atomic mass is 19.2. The number of aryl methyl sites for hydroxylation is 1. The van der Waals surface area contributed by atoms with Crippen molar-refractivity contribution < 1.29 is 18.1 Å². The number of amides is 1. The van der Waals surface area contributed by atoms with Crippen molar-refractivity contribution in [1.29, 1.82) is 0 Å². The van der Waals surface area contributed by atoms with Crippen LogP contribution in [-0.4, -0.2) is 47.0 Å². The van der Waals surface area contributed by atoms with Crippen molar-refractivity contribution in [1.82, 2.24) is 15.0 Å². The van der Waals surface area contributed by atoms with Crippen LogP contribution in [0.3, 0.4) is 0 Å². The van der Waals surface area contributed by atoms with Crippen LogP contribution in [-0.2, 0) is 6.54 Å². The monoisotopic (exact) mass is 321 g/mol. The van der Waals surface area contributed by atoms with E-state index in [1.54, 1.807) is 4.90 Å². The number of hydrogen-bond donors (Lipinski definition) is 0. The fraction of sp³-hybridized carbons (Fsp3) is 0.375. The molecule has 1 amide bonds. The minimum absolute atomic E-state index is 0.170. The highest BCUT2D eigenvalue weighted by Crippen LogP contribution is 2.14. The Morgan fingerprint density at radius 1 is 1.17 bits per heavy atom. The second-order valence-corrected chi connectivity index (χ2v) is 5.63. The topological polar surface area (TPSA) is 49.6 Å². The van der Waals surface area contributed by atoms with E-state index in [9.17, 15) is 13.6 Å². The third-order valence-electron chi connectivity index (χ3n) is 3.88. The van der Waals surface area contributed by atoms with Gasteiger partial charge in [-0.2, -0.15) is 0 Å². The Morgan fingerprint density at radius 3 is 2.52 bits per heavy atom. The van der Waals surface area contributed by atoms with Crippen LogP contribution in [0, 0.1) is 18.6 Å². The molecule has 0 atom stereocenters.